The van der Waals surface area contributed by atoms with Gasteiger partial charge in [-0.25, -0.2) is 4.98 Å². The van der Waals surface area contributed by atoms with Crippen LogP contribution in [0.5, 0.6) is 0 Å². The van der Waals surface area contributed by atoms with Crippen molar-refractivity contribution in [2.45, 2.75) is 6.92 Å². The minimum atomic E-state index is 0. The molecule has 0 saturated carbocycles. The first-order valence-corrected chi connectivity index (χ1v) is 3.94. The monoisotopic (exact) mass is 194 g/mol. The molecule has 0 spiro atoms. The minimum absolute atomic E-state index is 0. The molecule has 0 radical (unpaired) electrons. The topological polar surface area (TPSA) is 28.7 Å². The average Bonchev–Trinajstić information content (AvgIpc) is 2.54. The van der Waals surface area contributed by atoms with Crippen molar-refractivity contribution < 1.29 is 0 Å². The molecule has 13 heavy (non-hydrogen) atoms. The Morgan fingerprint density at radius 2 is 1.85 bits per heavy atom. The van der Waals surface area contributed by atoms with Crippen LogP contribution >= 0.6 is 12.4 Å². The number of halogens is 1. The Hall–Kier alpha value is -1.28. The predicted molar refractivity (Wildman–Crippen MR) is 56.0 cm³/mol. The van der Waals surface area contributed by atoms with Gasteiger partial charge < -0.3 is 4.98 Å². The third-order valence-corrected chi connectivity index (χ3v) is 1.78. The summed E-state index contributed by atoms with van der Waals surface area (Å²) in [4.78, 5) is 7.38. The van der Waals surface area contributed by atoms with Crippen LogP contribution in [-0.4, -0.2) is 9.97 Å². The molecule has 0 aliphatic rings. The van der Waals surface area contributed by atoms with Gasteiger partial charge in [0.15, 0.2) is 0 Å². The van der Waals surface area contributed by atoms with Crippen LogP contribution in [0.25, 0.3) is 11.3 Å². The van der Waals surface area contributed by atoms with E-state index in [9.17, 15) is 0 Å². The number of aryl methyl sites for hydroxylation is 1. The first kappa shape index (κ1) is 9.81. The summed E-state index contributed by atoms with van der Waals surface area (Å²) in [5, 5.41) is 0. The lowest BCUT2D eigenvalue weighted by atomic mass is 10.2. The molecule has 3 heteroatoms. The lowest BCUT2D eigenvalue weighted by Crippen LogP contribution is -1.76. The van der Waals surface area contributed by atoms with Gasteiger partial charge >= 0.3 is 0 Å². The smallest absolute Gasteiger partial charge is 0.103 e. The number of H-pyrrole nitrogens is 1. The van der Waals surface area contributed by atoms with Gasteiger partial charge in [-0.2, -0.15) is 0 Å². The summed E-state index contributed by atoms with van der Waals surface area (Å²) in [5.74, 6) is 0.953. The van der Waals surface area contributed by atoms with Gasteiger partial charge in [-0.1, -0.05) is 30.3 Å². The zero-order valence-corrected chi connectivity index (χ0v) is 8.14. The van der Waals surface area contributed by atoms with Gasteiger partial charge in [0.2, 0.25) is 0 Å². The molecule has 2 aromatic rings. The zero-order valence-electron chi connectivity index (χ0n) is 7.32. The molecule has 1 aromatic heterocycles. The van der Waals surface area contributed by atoms with Gasteiger partial charge in [-0.15, -0.1) is 12.4 Å². The third kappa shape index (κ3) is 2.10. The van der Waals surface area contributed by atoms with Crippen molar-refractivity contribution in [1.82, 2.24) is 9.97 Å². The molecule has 68 valence electrons. The average molecular weight is 195 g/mol. The number of hydrogen-bond donors (Lipinski definition) is 1. The number of nitrogens with zero attached hydrogens (tertiary/aromatic N) is 1. The van der Waals surface area contributed by atoms with Crippen molar-refractivity contribution >= 4 is 12.4 Å². The highest BCUT2D eigenvalue weighted by Crippen LogP contribution is 2.15. The summed E-state index contributed by atoms with van der Waals surface area (Å²) in [6.07, 6.45) is 1.92. The summed E-state index contributed by atoms with van der Waals surface area (Å²) >= 11 is 0. The molecule has 2 nitrogen and oxygen atoms in total. The van der Waals surface area contributed by atoms with Crippen molar-refractivity contribution in [3.63, 3.8) is 0 Å². The molecule has 0 atom stereocenters. The first-order valence-electron chi connectivity index (χ1n) is 3.94. The van der Waals surface area contributed by atoms with Crippen LogP contribution in [0, 0.1) is 6.92 Å². The third-order valence-electron chi connectivity index (χ3n) is 1.78. The van der Waals surface area contributed by atoms with Crippen molar-refractivity contribution in [3.8, 4) is 11.3 Å². The zero-order chi connectivity index (χ0) is 8.39. The molecule has 0 unspecified atom stereocenters. The maximum absolute atomic E-state index is 4.33. The van der Waals surface area contributed by atoms with Crippen molar-refractivity contribution in [2.75, 3.05) is 0 Å². The molecule has 1 aromatic carbocycles. The normalized spacial score (nSPS) is 9.31. The van der Waals surface area contributed by atoms with E-state index in [0.29, 0.717) is 0 Å². The number of nitrogens with one attached hydrogen (secondary N) is 1. The highest BCUT2D eigenvalue weighted by Gasteiger charge is 1.98. The quantitative estimate of drug-likeness (QED) is 0.743. The maximum atomic E-state index is 4.33. The number of rotatable bonds is 1. The summed E-state index contributed by atoms with van der Waals surface area (Å²) in [6.45, 7) is 1.95. The highest BCUT2D eigenvalue weighted by atomic mass is 35.5. The fraction of sp³-hybridized carbons (Fsp3) is 0.100. The van der Waals surface area contributed by atoms with Gasteiger partial charge in [0.25, 0.3) is 0 Å². The van der Waals surface area contributed by atoms with Gasteiger partial charge in [-0.05, 0) is 6.92 Å². The molecule has 1 heterocycles. The molecule has 1 N–H and O–H groups in total. The molecule has 0 amide bonds. The van der Waals surface area contributed by atoms with Gasteiger partial charge in [0, 0.05) is 11.8 Å². The van der Waals surface area contributed by atoms with E-state index in [1.807, 2.05) is 31.3 Å². The van der Waals surface area contributed by atoms with Crippen LogP contribution in [0.4, 0.5) is 0 Å². The predicted octanol–water partition coefficient (Wildman–Crippen LogP) is 2.81. The van der Waals surface area contributed by atoms with Crippen LogP contribution in [0.1, 0.15) is 5.82 Å². The molecule has 0 saturated heterocycles. The first-order chi connectivity index (χ1) is 5.86. The van der Waals surface area contributed by atoms with Gasteiger partial charge in [-0.3, -0.25) is 0 Å². The molecule has 0 fully saturated rings. The van der Waals surface area contributed by atoms with E-state index in [0.717, 1.165) is 17.1 Å². The Bertz CT molecular complexity index is 367. The fourth-order valence-electron chi connectivity index (χ4n) is 1.17. The van der Waals surface area contributed by atoms with Crippen LogP contribution in [0.15, 0.2) is 36.5 Å². The number of aromatic nitrogens is 2. The second kappa shape index (κ2) is 4.10. The largest absolute Gasteiger partial charge is 0.348 e. The number of benzene rings is 1. The molecule has 0 bridgehead atoms. The van der Waals surface area contributed by atoms with Crippen molar-refractivity contribution in [3.05, 3.63) is 42.4 Å². The number of imidazole rings is 1. The van der Waals surface area contributed by atoms with E-state index in [-0.39, 0.29) is 12.4 Å². The fourth-order valence-corrected chi connectivity index (χ4v) is 1.17. The van der Waals surface area contributed by atoms with Crippen molar-refractivity contribution in [1.29, 1.82) is 0 Å². The lowest BCUT2D eigenvalue weighted by Gasteiger charge is -1.92. The second-order valence-electron chi connectivity index (χ2n) is 2.74. The summed E-state index contributed by atoms with van der Waals surface area (Å²) in [5.41, 5.74) is 2.16. The SMILES string of the molecule is Cc1nc(-c2ccccc2)c[nH]1.Cl. The minimum Gasteiger partial charge on any atom is -0.348 e. The van der Waals surface area contributed by atoms with Crippen LogP contribution in [0.3, 0.4) is 0 Å². The molecule has 0 aliphatic heterocycles. The Morgan fingerprint density at radius 1 is 1.15 bits per heavy atom. The summed E-state index contributed by atoms with van der Waals surface area (Å²) in [7, 11) is 0. The van der Waals surface area contributed by atoms with E-state index in [4.69, 9.17) is 0 Å². The van der Waals surface area contributed by atoms with Crippen LogP contribution in [0.2, 0.25) is 0 Å². The highest BCUT2D eigenvalue weighted by molar-refractivity contribution is 5.85. The van der Waals surface area contributed by atoms with Gasteiger partial charge in [0.1, 0.15) is 5.82 Å². The maximum Gasteiger partial charge on any atom is 0.103 e. The second-order valence-corrected chi connectivity index (χ2v) is 2.74. The van der Waals surface area contributed by atoms with Crippen LogP contribution < -0.4 is 0 Å². The van der Waals surface area contributed by atoms with E-state index in [2.05, 4.69) is 22.1 Å². The Labute approximate surface area is 83.4 Å². The van der Waals surface area contributed by atoms with E-state index < -0.39 is 0 Å². The number of hydrogen-bond acceptors (Lipinski definition) is 1. The van der Waals surface area contributed by atoms with E-state index >= 15 is 0 Å². The van der Waals surface area contributed by atoms with Gasteiger partial charge in [0.05, 0.1) is 5.69 Å². The summed E-state index contributed by atoms with van der Waals surface area (Å²) in [6, 6.07) is 10.1. The lowest BCUT2D eigenvalue weighted by molar-refractivity contribution is 1.15. The standard InChI is InChI=1S/C10H10N2.ClH/c1-8-11-7-10(12-8)9-5-3-2-4-6-9;/h2-7H,1H3,(H,11,12);1H. The molecular formula is C10H11ClN2. The molecule has 0 aliphatic carbocycles. The van der Waals surface area contributed by atoms with E-state index in [1.165, 1.54) is 0 Å². The summed E-state index contributed by atoms with van der Waals surface area (Å²) < 4.78 is 0. The Balaban J connectivity index is 0.000000845. The molecular weight excluding hydrogens is 184 g/mol. The Kier molecular flexibility index (Phi) is 3.09. The van der Waals surface area contributed by atoms with Crippen molar-refractivity contribution in [2.24, 2.45) is 0 Å². The van der Waals surface area contributed by atoms with Crippen LogP contribution in [-0.2, 0) is 0 Å². The Morgan fingerprint density at radius 3 is 2.38 bits per heavy atom. The number of aromatic amines is 1. The molecule has 2 rings (SSSR count). The van der Waals surface area contributed by atoms with E-state index in [1.54, 1.807) is 0 Å².